The van der Waals surface area contributed by atoms with Crippen LogP contribution in [-0.4, -0.2) is 19.6 Å². The van der Waals surface area contributed by atoms with E-state index in [1.54, 1.807) is 0 Å². The van der Waals surface area contributed by atoms with E-state index in [-0.39, 0.29) is 5.82 Å². The minimum atomic E-state index is -0.169. The molecule has 0 bridgehead atoms. The summed E-state index contributed by atoms with van der Waals surface area (Å²) in [5, 5.41) is 6.79. The van der Waals surface area contributed by atoms with E-state index in [2.05, 4.69) is 10.6 Å². The molecular formula is C13H19FN2. The maximum Gasteiger partial charge on any atom is 0.123 e. The highest BCUT2D eigenvalue weighted by atomic mass is 19.1. The molecule has 1 aromatic rings. The average molecular weight is 222 g/mol. The summed E-state index contributed by atoms with van der Waals surface area (Å²) in [6, 6.07) is 7.71. The van der Waals surface area contributed by atoms with E-state index in [0.717, 1.165) is 18.5 Å². The van der Waals surface area contributed by atoms with Crippen LogP contribution >= 0.6 is 0 Å². The SMILES string of the molecule is CNC(CC1CCCN1)c1ccc(F)cc1. The molecule has 3 heteroatoms. The van der Waals surface area contributed by atoms with Gasteiger partial charge in [0, 0.05) is 12.1 Å². The lowest BCUT2D eigenvalue weighted by Gasteiger charge is -2.20. The molecule has 1 aliphatic rings. The number of nitrogens with one attached hydrogen (secondary N) is 2. The molecule has 2 N–H and O–H groups in total. The van der Waals surface area contributed by atoms with Crippen LogP contribution in [0.1, 0.15) is 30.9 Å². The summed E-state index contributed by atoms with van der Waals surface area (Å²) >= 11 is 0. The molecule has 0 amide bonds. The largest absolute Gasteiger partial charge is 0.314 e. The van der Waals surface area contributed by atoms with Crippen molar-refractivity contribution in [2.45, 2.75) is 31.3 Å². The van der Waals surface area contributed by atoms with Gasteiger partial charge < -0.3 is 10.6 Å². The first-order valence-electron chi connectivity index (χ1n) is 5.95. The number of hydrogen-bond donors (Lipinski definition) is 2. The summed E-state index contributed by atoms with van der Waals surface area (Å²) in [6.45, 7) is 1.13. The fraction of sp³-hybridized carbons (Fsp3) is 0.538. The summed E-state index contributed by atoms with van der Waals surface area (Å²) in [5.41, 5.74) is 1.16. The van der Waals surface area contributed by atoms with Crippen LogP contribution < -0.4 is 10.6 Å². The van der Waals surface area contributed by atoms with Crippen LogP contribution in [-0.2, 0) is 0 Å². The predicted octanol–water partition coefficient (Wildman–Crippen LogP) is 2.23. The summed E-state index contributed by atoms with van der Waals surface area (Å²) in [7, 11) is 1.96. The molecule has 0 spiro atoms. The van der Waals surface area contributed by atoms with E-state index in [0.29, 0.717) is 12.1 Å². The molecule has 1 heterocycles. The maximum absolute atomic E-state index is 12.8. The van der Waals surface area contributed by atoms with Gasteiger partial charge in [0.15, 0.2) is 0 Å². The molecular weight excluding hydrogens is 203 g/mol. The minimum absolute atomic E-state index is 0.169. The van der Waals surface area contributed by atoms with Crippen molar-refractivity contribution >= 4 is 0 Å². The van der Waals surface area contributed by atoms with Gasteiger partial charge >= 0.3 is 0 Å². The van der Waals surface area contributed by atoms with Gasteiger partial charge in [-0.05, 0) is 50.6 Å². The van der Waals surface area contributed by atoms with Crippen molar-refractivity contribution < 1.29 is 4.39 Å². The molecule has 0 saturated carbocycles. The predicted molar refractivity (Wildman–Crippen MR) is 63.8 cm³/mol. The molecule has 2 unspecified atom stereocenters. The molecule has 0 radical (unpaired) electrons. The zero-order valence-electron chi connectivity index (χ0n) is 9.67. The second kappa shape index (κ2) is 5.41. The van der Waals surface area contributed by atoms with Crippen LogP contribution in [0.3, 0.4) is 0 Å². The van der Waals surface area contributed by atoms with Gasteiger partial charge in [-0.2, -0.15) is 0 Å². The molecule has 0 aromatic heterocycles. The zero-order valence-corrected chi connectivity index (χ0v) is 9.67. The quantitative estimate of drug-likeness (QED) is 0.816. The van der Waals surface area contributed by atoms with Crippen LogP contribution in [0.2, 0.25) is 0 Å². The Labute approximate surface area is 96.2 Å². The highest BCUT2D eigenvalue weighted by molar-refractivity contribution is 5.20. The molecule has 2 atom stereocenters. The second-order valence-corrected chi connectivity index (χ2v) is 4.42. The van der Waals surface area contributed by atoms with Crippen molar-refractivity contribution in [3.05, 3.63) is 35.6 Å². The fourth-order valence-electron chi connectivity index (χ4n) is 2.36. The van der Waals surface area contributed by atoms with Gasteiger partial charge in [0.2, 0.25) is 0 Å². The molecule has 0 aliphatic carbocycles. The van der Waals surface area contributed by atoms with Crippen molar-refractivity contribution in [2.75, 3.05) is 13.6 Å². The molecule has 1 aliphatic heterocycles. The summed E-state index contributed by atoms with van der Waals surface area (Å²) < 4.78 is 12.8. The Balaban J connectivity index is 2.00. The zero-order chi connectivity index (χ0) is 11.4. The van der Waals surface area contributed by atoms with Crippen LogP contribution in [0.5, 0.6) is 0 Å². The molecule has 1 aromatic carbocycles. The fourth-order valence-corrected chi connectivity index (χ4v) is 2.36. The van der Waals surface area contributed by atoms with Gasteiger partial charge in [-0.1, -0.05) is 12.1 Å². The minimum Gasteiger partial charge on any atom is -0.314 e. The van der Waals surface area contributed by atoms with Gasteiger partial charge in [-0.15, -0.1) is 0 Å². The second-order valence-electron chi connectivity index (χ2n) is 4.42. The first-order chi connectivity index (χ1) is 7.79. The topological polar surface area (TPSA) is 24.1 Å². The standard InChI is InChI=1S/C13H19FN2/c1-15-13(9-12-3-2-8-16-12)10-4-6-11(14)7-5-10/h4-7,12-13,15-16H,2-3,8-9H2,1H3. The Morgan fingerprint density at radius 3 is 2.75 bits per heavy atom. The number of benzene rings is 1. The molecule has 2 rings (SSSR count). The average Bonchev–Trinajstić information content (AvgIpc) is 2.80. The van der Waals surface area contributed by atoms with Crippen LogP contribution in [0.25, 0.3) is 0 Å². The Hall–Kier alpha value is -0.930. The van der Waals surface area contributed by atoms with Gasteiger partial charge in [0.05, 0.1) is 0 Å². The van der Waals surface area contributed by atoms with E-state index >= 15 is 0 Å². The highest BCUT2D eigenvalue weighted by Gasteiger charge is 2.19. The van der Waals surface area contributed by atoms with Crippen LogP contribution in [0.4, 0.5) is 4.39 Å². The van der Waals surface area contributed by atoms with Crippen LogP contribution in [0.15, 0.2) is 24.3 Å². The number of rotatable bonds is 4. The number of halogens is 1. The lowest BCUT2D eigenvalue weighted by atomic mass is 9.98. The smallest absolute Gasteiger partial charge is 0.123 e. The third-order valence-corrected chi connectivity index (χ3v) is 3.30. The van der Waals surface area contributed by atoms with Crippen molar-refractivity contribution in [1.29, 1.82) is 0 Å². The third-order valence-electron chi connectivity index (χ3n) is 3.30. The van der Waals surface area contributed by atoms with Gasteiger partial charge in [-0.3, -0.25) is 0 Å². The summed E-state index contributed by atoms with van der Waals surface area (Å²) in [5.74, 6) is -0.169. The monoisotopic (exact) mass is 222 g/mol. The lowest BCUT2D eigenvalue weighted by molar-refractivity contribution is 0.453. The summed E-state index contributed by atoms with van der Waals surface area (Å²) in [6.07, 6.45) is 3.59. The normalized spacial score (nSPS) is 22.2. The Morgan fingerprint density at radius 2 is 2.19 bits per heavy atom. The van der Waals surface area contributed by atoms with E-state index in [4.69, 9.17) is 0 Å². The first kappa shape index (κ1) is 11.6. The van der Waals surface area contributed by atoms with Crippen molar-refractivity contribution in [2.24, 2.45) is 0 Å². The van der Waals surface area contributed by atoms with Crippen molar-refractivity contribution in [1.82, 2.24) is 10.6 Å². The Bertz CT molecular complexity index is 317. The van der Waals surface area contributed by atoms with E-state index < -0.39 is 0 Å². The lowest BCUT2D eigenvalue weighted by Crippen LogP contribution is -2.28. The molecule has 1 fully saturated rings. The summed E-state index contributed by atoms with van der Waals surface area (Å²) in [4.78, 5) is 0. The van der Waals surface area contributed by atoms with Crippen LogP contribution in [0, 0.1) is 5.82 Å². The van der Waals surface area contributed by atoms with Gasteiger partial charge in [0.1, 0.15) is 5.82 Å². The van der Waals surface area contributed by atoms with Crippen molar-refractivity contribution in [3.8, 4) is 0 Å². The van der Waals surface area contributed by atoms with Crippen molar-refractivity contribution in [3.63, 3.8) is 0 Å². The highest BCUT2D eigenvalue weighted by Crippen LogP contribution is 2.22. The van der Waals surface area contributed by atoms with E-state index in [9.17, 15) is 4.39 Å². The van der Waals surface area contributed by atoms with Gasteiger partial charge in [-0.25, -0.2) is 4.39 Å². The molecule has 1 saturated heterocycles. The molecule has 2 nitrogen and oxygen atoms in total. The molecule has 16 heavy (non-hydrogen) atoms. The first-order valence-corrected chi connectivity index (χ1v) is 5.95. The number of hydrogen-bond acceptors (Lipinski definition) is 2. The van der Waals surface area contributed by atoms with E-state index in [1.807, 2.05) is 19.2 Å². The Kier molecular flexibility index (Phi) is 3.91. The Morgan fingerprint density at radius 1 is 1.44 bits per heavy atom. The third kappa shape index (κ3) is 2.80. The maximum atomic E-state index is 12.8. The molecule has 88 valence electrons. The van der Waals surface area contributed by atoms with Gasteiger partial charge in [0.25, 0.3) is 0 Å². The van der Waals surface area contributed by atoms with E-state index in [1.165, 1.54) is 25.0 Å².